The molecule has 0 bridgehead atoms. The molecule has 3 N–H and O–H groups in total. The molecule has 0 heterocycles. The lowest BCUT2D eigenvalue weighted by atomic mass is 10.1. The number of nitrogens with one attached hydrogen (secondary N) is 3. The van der Waals surface area contributed by atoms with Crippen molar-refractivity contribution in [3.63, 3.8) is 0 Å². The van der Waals surface area contributed by atoms with Crippen LogP contribution in [0.25, 0.3) is 0 Å². The fraction of sp³-hybridized carbons (Fsp3) is 0.471. The van der Waals surface area contributed by atoms with Gasteiger partial charge in [-0.05, 0) is 43.3 Å². The maximum atomic E-state index is 12.0. The third kappa shape index (κ3) is 7.88. The largest absolute Gasteiger partial charge is 0.302 e. The van der Waals surface area contributed by atoms with E-state index in [0.717, 1.165) is 29.3 Å². The maximum absolute atomic E-state index is 12.0. The van der Waals surface area contributed by atoms with Crippen molar-refractivity contribution >= 4 is 45.1 Å². The topological polar surface area (TPSA) is 70.2 Å². The van der Waals surface area contributed by atoms with Gasteiger partial charge in [0.1, 0.15) is 0 Å². The molecule has 0 unspecified atom stereocenters. The number of aryl methyl sites for hydroxylation is 1. The number of hydrazine groups is 1. The van der Waals surface area contributed by atoms with Gasteiger partial charge in [-0.25, -0.2) is 0 Å². The van der Waals surface area contributed by atoms with Crippen molar-refractivity contribution in [2.45, 2.75) is 52.4 Å². The Morgan fingerprint density at radius 2 is 1.83 bits per heavy atom. The number of benzene rings is 1. The normalized spacial score (nSPS) is 10.1. The van der Waals surface area contributed by atoms with Crippen LogP contribution in [0.1, 0.15) is 61.4 Å². The number of hydrogen-bond acceptors (Lipinski definition) is 3. The molecule has 0 aliphatic heterocycles. The van der Waals surface area contributed by atoms with Gasteiger partial charge in [-0.3, -0.25) is 20.4 Å². The molecule has 1 rings (SSSR count). The Labute approximate surface area is 157 Å². The zero-order valence-corrected chi connectivity index (χ0v) is 16.5. The molecule has 0 fully saturated rings. The molecule has 0 atom stereocenters. The summed E-state index contributed by atoms with van der Waals surface area (Å²) >= 11 is 8.38. The number of amides is 2. The van der Waals surface area contributed by atoms with Crippen LogP contribution in [0.5, 0.6) is 0 Å². The summed E-state index contributed by atoms with van der Waals surface area (Å²) < 4.78 is 0.856. The molecular formula is C17H24BrN3O2S. The van der Waals surface area contributed by atoms with Gasteiger partial charge in [-0.1, -0.05) is 54.6 Å². The highest BCUT2D eigenvalue weighted by molar-refractivity contribution is 9.10. The van der Waals surface area contributed by atoms with Gasteiger partial charge in [-0.2, -0.15) is 0 Å². The minimum atomic E-state index is -0.327. The number of halogens is 1. The van der Waals surface area contributed by atoms with Crippen molar-refractivity contribution in [1.82, 2.24) is 16.2 Å². The number of thiocarbonyl (C=S) groups is 1. The fourth-order valence-corrected chi connectivity index (χ4v) is 2.57. The minimum Gasteiger partial charge on any atom is -0.302 e. The second kappa shape index (κ2) is 11.1. The summed E-state index contributed by atoms with van der Waals surface area (Å²) in [5, 5.41) is 2.65. The van der Waals surface area contributed by atoms with Gasteiger partial charge in [0.2, 0.25) is 5.91 Å². The van der Waals surface area contributed by atoms with Crippen molar-refractivity contribution in [3.05, 3.63) is 33.8 Å². The van der Waals surface area contributed by atoms with Gasteiger partial charge in [0.15, 0.2) is 5.11 Å². The van der Waals surface area contributed by atoms with Crippen LogP contribution in [0.15, 0.2) is 22.7 Å². The van der Waals surface area contributed by atoms with Gasteiger partial charge < -0.3 is 5.32 Å². The summed E-state index contributed by atoms with van der Waals surface area (Å²) in [6.45, 7) is 4.09. The third-order valence-electron chi connectivity index (χ3n) is 3.48. The van der Waals surface area contributed by atoms with E-state index in [1.165, 1.54) is 12.8 Å². The summed E-state index contributed by atoms with van der Waals surface area (Å²) in [7, 11) is 0. The second-order valence-electron chi connectivity index (χ2n) is 5.58. The van der Waals surface area contributed by atoms with Crippen LogP contribution in [-0.2, 0) is 4.79 Å². The quantitative estimate of drug-likeness (QED) is 0.361. The first-order chi connectivity index (χ1) is 11.4. The standard InChI is InChI=1S/C17H24BrN3O2S/c1-3-4-5-6-7-8-15(22)19-17(24)21-20-16(23)13-10-9-12(2)14(18)11-13/h9-11H,3-8H2,1-2H3,(H,20,23)(H2,19,21,22,24). The molecule has 132 valence electrons. The molecule has 0 saturated heterocycles. The predicted octanol–water partition coefficient (Wildman–Crippen LogP) is 3.75. The second-order valence-corrected chi connectivity index (χ2v) is 6.85. The molecule has 7 heteroatoms. The van der Waals surface area contributed by atoms with Crippen molar-refractivity contribution in [1.29, 1.82) is 0 Å². The molecule has 0 saturated carbocycles. The minimum absolute atomic E-state index is 0.0908. The number of carbonyl (C=O) groups excluding carboxylic acids is 2. The molecule has 0 aliphatic carbocycles. The summed E-state index contributed by atoms with van der Waals surface area (Å²) in [5.41, 5.74) is 6.54. The molecule has 1 aromatic carbocycles. The molecule has 1 aromatic rings. The lowest BCUT2D eigenvalue weighted by Crippen LogP contribution is -2.48. The van der Waals surface area contributed by atoms with Crippen molar-refractivity contribution in [2.24, 2.45) is 0 Å². The van der Waals surface area contributed by atoms with Crippen LogP contribution >= 0.6 is 28.1 Å². The van der Waals surface area contributed by atoms with E-state index in [9.17, 15) is 9.59 Å². The summed E-state index contributed by atoms with van der Waals surface area (Å²) in [6, 6.07) is 5.29. The number of hydrogen-bond donors (Lipinski definition) is 3. The van der Waals surface area contributed by atoms with E-state index >= 15 is 0 Å². The van der Waals surface area contributed by atoms with E-state index in [-0.39, 0.29) is 16.9 Å². The molecule has 0 radical (unpaired) electrons. The van der Waals surface area contributed by atoms with E-state index in [0.29, 0.717) is 12.0 Å². The fourth-order valence-electron chi connectivity index (χ4n) is 2.03. The van der Waals surface area contributed by atoms with Gasteiger partial charge in [0, 0.05) is 16.5 Å². The first-order valence-corrected chi connectivity index (χ1v) is 9.30. The predicted molar refractivity (Wildman–Crippen MR) is 104 cm³/mol. The number of unbranched alkanes of at least 4 members (excludes halogenated alkanes) is 4. The SMILES string of the molecule is CCCCCCCC(=O)NC(=S)NNC(=O)c1ccc(C)c(Br)c1. The first-order valence-electron chi connectivity index (χ1n) is 8.10. The average molecular weight is 414 g/mol. The van der Waals surface area contributed by atoms with Gasteiger partial charge in [0.25, 0.3) is 5.91 Å². The van der Waals surface area contributed by atoms with Crippen LogP contribution in [0.4, 0.5) is 0 Å². The van der Waals surface area contributed by atoms with E-state index < -0.39 is 0 Å². The monoisotopic (exact) mass is 413 g/mol. The van der Waals surface area contributed by atoms with Crippen LogP contribution in [0.3, 0.4) is 0 Å². The van der Waals surface area contributed by atoms with Gasteiger partial charge >= 0.3 is 0 Å². The van der Waals surface area contributed by atoms with E-state index in [4.69, 9.17) is 12.2 Å². The van der Waals surface area contributed by atoms with Crippen molar-refractivity contribution in [3.8, 4) is 0 Å². The Balaban J connectivity index is 2.28. The first kappa shape index (κ1) is 20.6. The lowest BCUT2D eigenvalue weighted by molar-refractivity contribution is -0.119. The number of carbonyl (C=O) groups is 2. The van der Waals surface area contributed by atoms with Crippen LogP contribution < -0.4 is 16.2 Å². The Morgan fingerprint density at radius 3 is 2.50 bits per heavy atom. The van der Waals surface area contributed by atoms with Crippen LogP contribution in [0, 0.1) is 6.92 Å². The number of rotatable bonds is 7. The highest BCUT2D eigenvalue weighted by atomic mass is 79.9. The highest BCUT2D eigenvalue weighted by Gasteiger charge is 2.09. The molecule has 0 aromatic heterocycles. The zero-order chi connectivity index (χ0) is 17.9. The van der Waals surface area contributed by atoms with E-state index in [2.05, 4.69) is 39.0 Å². The van der Waals surface area contributed by atoms with Crippen molar-refractivity contribution in [2.75, 3.05) is 0 Å². The molecule has 24 heavy (non-hydrogen) atoms. The zero-order valence-electron chi connectivity index (χ0n) is 14.1. The van der Waals surface area contributed by atoms with Crippen molar-refractivity contribution < 1.29 is 9.59 Å². The lowest BCUT2D eigenvalue weighted by Gasteiger charge is -2.11. The maximum Gasteiger partial charge on any atom is 0.269 e. The Morgan fingerprint density at radius 1 is 1.12 bits per heavy atom. The van der Waals surface area contributed by atoms with E-state index in [1.807, 2.05) is 13.0 Å². The molecular weight excluding hydrogens is 390 g/mol. The molecule has 0 aliphatic rings. The molecule has 0 spiro atoms. The Bertz CT molecular complexity index is 593. The smallest absolute Gasteiger partial charge is 0.269 e. The van der Waals surface area contributed by atoms with Gasteiger partial charge in [0.05, 0.1) is 0 Å². The molecule has 2 amide bonds. The van der Waals surface area contributed by atoms with Crippen LogP contribution in [0.2, 0.25) is 0 Å². The third-order valence-corrected chi connectivity index (χ3v) is 4.54. The summed E-state index contributed by atoms with van der Waals surface area (Å²) in [6.07, 6.45) is 5.85. The van der Waals surface area contributed by atoms with Crippen LogP contribution in [-0.4, -0.2) is 16.9 Å². The molecule has 5 nitrogen and oxygen atoms in total. The summed E-state index contributed by atoms with van der Waals surface area (Å²) in [4.78, 5) is 23.7. The summed E-state index contributed by atoms with van der Waals surface area (Å²) in [5.74, 6) is -0.469. The average Bonchev–Trinajstić information content (AvgIpc) is 2.55. The van der Waals surface area contributed by atoms with E-state index in [1.54, 1.807) is 12.1 Å². The Hall–Kier alpha value is -1.47. The van der Waals surface area contributed by atoms with Gasteiger partial charge in [-0.15, -0.1) is 0 Å². The Kier molecular flexibility index (Phi) is 9.56. The highest BCUT2D eigenvalue weighted by Crippen LogP contribution is 2.17.